The molecule has 3 heteroatoms. The summed E-state index contributed by atoms with van der Waals surface area (Å²) >= 11 is 0. The Balaban J connectivity index is 1.84. The van der Waals surface area contributed by atoms with Gasteiger partial charge in [0.25, 0.3) is 0 Å². The fourth-order valence-corrected chi connectivity index (χ4v) is 3.14. The predicted octanol–water partition coefficient (Wildman–Crippen LogP) is 4.34. The lowest BCUT2D eigenvalue weighted by Crippen LogP contribution is -2.20. The highest BCUT2D eigenvalue weighted by atomic mass is 14.9. The summed E-state index contributed by atoms with van der Waals surface area (Å²) in [4.78, 5) is 4.40. The smallest absolute Gasteiger partial charge is 0.0951 e. The van der Waals surface area contributed by atoms with Gasteiger partial charge in [-0.1, -0.05) is 32.1 Å². The Hall–Kier alpha value is -1.77. The minimum absolute atomic E-state index is 0.585. The highest BCUT2D eigenvalue weighted by Crippen LogP contribution is 2.28. The van der Waals surface area contributed by atoms with E-state index in [2.05, 4.69) is 22.4 Å². The van der Waals surface area contributed by atoms with Crippen LogP contribution in [0.1, 0.15) is 44.9 Å². The van der Waals surface area contributed by atoms with Gasteiger partial charge in [0.2, 0.25) is 0 Å². The van der Waals surface area contributed by atoms with Gasteiger partial charge in [-0.25, -0.2) is 0 Å². The molecule has 0 bridgehead atoms. The third kappa shape index (κ3) is 2.87. The summed E-state index contributed by atoms with van der Waals surface area (Å²) in [6, 6.07) is 8.72. The van der Waals surface area contributed by atoms with Gasteiger partial charge in [0.05, 0.1) is 11.2 Å². The Morgan fingerprint density at radius 3 is 2.55 bits per heavy atom. The summed E-state index contributed by atoms with van der Waals surface area (Å²) in [5, 5.41) is 4.86. The first kappa shape index (κ1) is 13.2. The maximum atomic E-state index is 6.01. The van der Waals surface area contributed by atoms with Crippen molar-refractivity contribution in [1.29, 1.82) is 0 Å². The number of nitrogens with one attached hydrogen (secondary N) is 1. The monoisotopic (exact) mass is 269 g/mol. The first-order chi connectivity index (χ1) is 9.84. The maximum Gasteiger partial charge on any atom is 0.0951 e. The second-order valence-electron chi connectivity index (χ2n) is 5.79. The SMILES string of the molecule is Nc1ccc(NC2CCCCCCC2)c2cccnc12. The van der Waals surface area contributed by atoms with Crippen LogP contribution in [0.2, 0.25) is 0 Å². The average Bonchev–Trinajstić information content (AvgIpc) is 2.44. The van der Waals surface area contributed by atoms with Gasteiger partial charge in [0.1, 0.15) is 0 Å². The first-order valence-corrected chi connectivity index (χ1v) is 7.74. The molecule has 0 spiro atoms. The summed E-state index contributed by atoms with van der Waals surface area (Å²) in [7, 11) is 0. The lowest BCUT2D eigenvalue weighted by atomic mass is 9.96. The van der Waals surface area contributed by atoms with Gasteiger partial charge in [0, 0.05) is 23.3 Å². The van der Waals surface area contributed by atoms with Gasteiger partial charge >= 0.3 is 0 Å². The molecule has 0 aliphatic heterocycles. The van der Waals surface area contributed by atoms with E-state index in [0.29, 0.717) is 6.04 Å². The van der Waals surface area contributed by atoms with Crippen molar-refractivity contribution in [2.24, 2.45) is 0 Å². The van der Waals surface area contributed by atoms with Crippen LogP contribution in [0.4, 0.5) is 11.4 Å². The van der Waals surface area contributed by atoms with E-state index in [1.807, 2.05) is 12.1 Å². The Kier molecular flexibility index (Phi) is 4.05. The van der Waals surface area contributed by atoms with Crippen molar-refractivity contribution in [2.45, 2.75) is 51.0 Å². The molecule has 1 fully saturated rings. The molecule has 1 heterocycles. The molecule has 0 amide bonds. The first-order valence-electron chi connectivity index (χ1n) is 7.74. The molecule has 0 atom stereocenters. The van der Waals surface area contributed by atoms with Gasteiger partial charge in [-0.2, -0.15) is 0 Å². The molecule has 1 aliphatic carbocycles. The molecule has 0 unspecified atom stereocenters. The molecule has 3 rings (SSSR count). The topological polar surface area (TPSA) is 50.9 Å². The minimum atomic E-state index is 0.585. The third-order valence-corrected chi connectivity index (χ3v) is 4.27. The van der Waals surface area contributed by atoms with E-state index in [1.54, 1.807) is 6.20 Å². The molecule has 0 saturated heterocycles. The van der Waals surface area contributed by atoms with Crippen LogP contribution < -0.4 is 11.1 Å². The maximum absolute atomic E-state index is 6.01. The van der Waals surface area contributed by atoms with Crippen molar-refractivity contribution < 1.29 is 0 Å². The fourth-order valence-electron chi connectivity index (χ4n) is 3.14. The quantitative estimate of drug-likeness (QED) is 0.797. The van der Waals surface area contributed by atoms with Gasteiger partial charge in [0.15, 0.2) is 0 Å². The summed E-state index contributed by atoms with van der Waals surface area (Å²) < 4.78 is 0. The molecule has 1 aromatic heterocycles. The molecule has 1 aliphatic rings. The second-order valence-corrected chi connectivity index (χ2v) is 5.79. The number of hydrogen-bond donors (Lipinski definition) is 2. The van der Waals surface area contributed by atoms with E-state index in [9.17, 15) is 0 Å². The summed E-state index contributed by atoms with van der Waals surface area (Å²) in [6.45, 7) is 0. The number of nitrogens with zero attached hydrogens (tertiary/aromatic N) is 1. The Morgan fingerprint density at radius 1 is 1.00 bits per heavy atom. The fraction of sp³-hybridized carbons (Fsp3) is 0.471. The molecule has 20 heavy (non-hydrogen) atoms. The van der Waals surface area contributed by atoms with E-state index in [1.165, 1.54) is 50.6 Å². The van der Waals surface area contributed by atoms with Crippen molar-refractivity contribution in [1.82, 2.24) is 4.98 Å². The van der Waals surface area contributed by atoms with Crippen LogP contribution in [-0.4, -0.2) is 11.0 Å². The highest BCUT2D eigenvalue weighted by molar-refractivity contribution is 5.98. The van der Waals surface area contributed by atoms with E-state index in [4.69, 9.17) is 5.73 Å². The number of anilines is 2. The lowest BCUT2D eigenvalue weighted by molar-refractivity contribution is 0.471. The van der Waals surface area contributed by atoms with Crippen molar-refractivity contribution in [2.75, 3.05) is 11.1 Å². The number of rotatable bonds is 2. The number of aromatic nitrogens is 1. The minimum Gasteiger partial charge on any atom is -0.397 e. The molecule has 1 aromatic carbocycles. The number of hydrogen-bond acceptors (Lipinski definition) is 3. The molecule has 106 valence electrons. The molecule has 3 nitrogen and oxygen atoms in total. The number of pyridine rings is 1. The van der Waals surface area contributed by atoms with Crippen LogP contribution in [-0.2, 0) is 0 Å². The summed E-state index contributed by atoms with van der Waals surface area (Å²) in [6.07, 6.45) is 11.2. The molecular weight excluding hydrogens is 246 g/mol. The van der Waals surface area contributed by atoms with Crippen LogP contribution in [0.15, 0.2) is 30.5 Å². The zero-order valence-electron chi connectivity index (χ0n) is 11.9. The molecule has 2 aromatic rings. The highest BCUT2D eigenvalue weighted by Gasteiger charge is 2.13. The van der Waals surface area contributed by atoms with Crippen LogP contribution >= 0.6 is 0 Å². The molecule has 1 saturated carbocycles. The molecule has 3 N–H and O–H groups in total. The van der Waals surface area contributed by atoms with Crippen molar-refractivity contribution >= 4 is 22.3 Å². The summed E-state index contributed by atoms with van der Waals surface area (Å²) in [5.41, 5.74) is 8.85. The van der Waals surface area contributed by atoms with Crippen molar-refractivity contribution in [3.05, 3.63) is 30.5 Å². The number of fused-ring (bicyclic) bond motifs is 1. The largest absolute Gasteiger partial charge is 0.397 e. The van der Waals surface area contributed by atoms with E-state index in [0.717, 1.165) is 16.6 Å². The van der Waals surface area contributed by atoms with Crippen LogP contribution in [0.3, 0.4) is 0 Å². The third-order valence-electron chi connectivity index (χ3n) is 4.27. The summed E-state index contributed by atoms with van der Waals surface area (Å²) in [5.74, 6) is 0. The van der Waals surface area contributed by atoms with Crippen molar-refractivity contribution in [3.63, 3.8) is 0 Å². The van der Waals surface area contributed by atoms with E-state index >= 15 is 0 Å². The van der Waals surface area contributed by atoms with E-state index in [-0.39, 0.29) is 0 Å². The number of nitrogens with two attached hydrogens (primary N) is 1. The second kappa shape index (κ2) is 6.12. The Labute approximate surface area is 120 Å². The normalized spacial score (nSPS) is 17.6. The van der Waals surface area contributed by atoms with Gasteiger partial charge in [-0.3, -0.25) is 4.98 Å². The van der Waals surface area contributed by atoms with Crippen LogP contribution in [0, 0.1) is 0 Å². The van der Waals surface area contributed by atoms with Gasteiger partial charge in [-0.05, 0) is 37.1 Å². The average molecular weight is 269 g/mol. The van der Waals surface area contributed by atoms with Crippen LogP contribution in [0.25, 0.3) is 10.9 Å². The zero-order valence-corrected chi connectivity index (χ0v) is 11.9. The lowest BCUT2D eigenvalue weighted by Gasteiger charge is -2.23. The standard InChI is InChI=1S/C17H23N3/c18-15-10-11-16(14-9-6-12-19-17(14)15)20-13-7-4-2-1-3-5-8-13/h6,9-13,20H,1-5,7-8,18H2. The molecule has 0 radical (unpaired) electrons. The zero-order chi connectivity index (χ0) is 13.8. The number of benzene rings is 1. The Bertz CT molecular complexity index is 571. The Morgan fingerprint density at radius 2 is 1.75 bits per heavy atom. The predicted molar refractivity (Wildman–Crippen MR) is 85.9 cm³/mol. The van der Waals surface area contributed by atoms with E-state index < -0.39 is 0 Å². The molecular formula is C17H23N3. The van der Waals surface area contributed by atoms with Crippen LogP contribution in [0.5, 0.6) is 0 Å². The van der Waals surface area contributed by atoms with Crippen molar-refractivity contribution in [3.8, 4) is 0 Å². The number of nitrogen functional groups attached to an aromatic ring is 1. The van der Waals surface area contributed by atoms with Gasteiger partial charge < -0.3 is 11.1 Å². The van der Waals surface area contributed by atoms with Gasteiger partial charge in [-0.15, -0.1) is 0 Å².